The average Bonchev–Trinajstić information content (AvgIpc) is 3.27. The lowest BCUT2D eigenvalue weighted by molar-refractivity contribution is 0.0728. The summed E-state index contributed by atoms with van der Waals surface area (Å²) in [4.78, 5) is 13.2. The number of aryl methyl sites for hydroxylation is 1. The molecule has 0 saturated heterocycles. The van der Waals surface area contributed by atoms with Gasteiger partial charge in [0.2, 0.25) is 10.0 Å². The van der Waals surface area contributed by atoms with Crippen molar-refractivity contribution in [2.75, 3.05) is 12.3 Å². The van der Waals surface area contributed by atoms with E-state index >= 15 is 0 Å². The summed E-state index contributed by atoms with van der Waals surface area (Å²) in [6, 6.07) is 8.67. The van der Waals surface area contributed by atoms with E-state index in [2.05, 4.69) is 19.8 Å². The Bertz CT molecular complexity index is 1460. The second-order valence-corrected chi connectivity index (χ2v) is 11.0. The molecule has 0 radical (unpaired) electrons. The van der Waals surface area contributed by atoms with Gasteiger partial charge in [-0.15, -0.1) is 0 Å². The molecule has 1 aromatic carbocycles. The fraction of sp³-hybridized carbons (Fsp3) is 0.280. The summed E-state index contributed by atoms with van der Waals surface area (Å²) in [5.74, 6) is 0.247. The quantitative estimate of drug-likeness (QED) is 0.313. The van der Waals surface area contributed by atoms with E-state index in [-0.39, 0.29) is 23.7 Å². The maximum absolute atomic E-state index is 12.8. The van der Waals surface area contributed by atoms with Crippen LogP contribution in [0.25, 0.3) is 22.5 Å². The zero-order valence-corrected chi connectivity index (χ0v) is 21.2. The Morgan fingerprint density at radius 1 is 1.14 bits per heavy atom. The first-order chi connectivity index (χ1) is 17.0. The summed E-state index contributed by atoms with van der Waals surface area (Å²) in [7, 11) is -3.78. The number of aliphatic hydroxyl groups is 1. The van der Waals surface area contributed by atoms with E-state index in [1.54, 1.807) is 55.3 Å². The maximum atomic E-state index is 12.8. The number of nitrogen functional groups attached to an aromatic ring is 1. The molecule has 0 unspecified atom stereocenters. The molecule has 0 atom stereocenters. The van der Waals surface area contributed by atoms with E-state index in [0.717, 1.165) is 11.1 Å². The highest BCUT2D eigenvalue weighted by atomic mass is 32.2. The van der Waals surface area contributed by atoms with Gasteiger partial charge in [-0.25, -0.2) is 23.1 Å². The molecule has 188 valence electrons. The molecule has 36 heavy (non-hydrogen) atoms. The first-order valence-corrected chi connectivity index (χ1v) is 12.9. The molecule has 0 aliphatic carbocycles. The lowest BCUT2D eigenvalue weighted by Crippen LogP contribution is -2.30. The van der Waals surface area contributed by atoms with E-state index in [0.29, 0.717) is 29.1 Å². The Morgan fingerprint density at radius 2 is 1.89 bits per heavy atom. The van der Waals surface area contributed by atoms with Crippen LogP contribution >= 0.6 is 0 Å². The van der Waals surface area contributed by atoms with Gasteiger partial charge < -0.3 is 10.8 Å². The Labute approximate surface area is 210 Å². The van der Waals surface area contributed by atoms with Crippen molar-refractivity contribution < 1.29 is 13.5 Å². The van der Waals surface area contributed by atoms with Crippen molar-refractivity contribution >= 4 is 15.8 Å². The van der Waals surface area contributed by atoms with Crippen LogP contribution in [-0.4, -0.2) is 50.4 Å². The fourth-order valence-electron chi connectivity index (χ4n) is 3.61. The molecular weight excluding hydrogens is 478 g/mol. The first kappa shape index (κ1) is 25.4. The molecule has 0 bridgehead atoms. The molecule has 10 nitrogen and oxygen atoms in total. The first-order valence-electron chi connectivity index (χ1n) is 11.4. The summed E-state index contributed by atoms with van der Waals surface area (Å²) in [6.07, 6.45) is 8.78. The van der Waals surface area contributed by atoms with Crippen molar-refractivity contribution in [3.05, 3.63) is 72.4 Å². The summed E-state index contributed by atoms with van der Waals surface area (Å²) in [5, 5.41) is 14.3. The number of hydrogen-bond donors (Lipinski definition) is 3. The molecule has 0 aliphatic rings. The van der Waals surface area contributed by atoms with Crippen molar-refractivity contribution in [1.29, 1.82) is 0 Å². The van der Waals surface area contributed by atoms with Gasteiger partial charge in [0, 0.05) is 36.3 Å². The highest BCUT2D eigenvalue weighted by Gasteiger charge is 2.20. The van der Waals surface area contributed by atoms with Crippen LogP contribution in [0.1, 0.15) is 31.4 Å². The van der Waals surface area contributed by atoms with Gasteiger partial charge in [-0.3, -0.25) is 9.67 Å². The van der Waals surface area contributed by atoms with Gasteiger partial charge in [0.1, 0.15) is 11.5 Å². The Kier molecular flexibility index (Phi) is 7.16. The zero-order valence-electron chi connectivity index (χ0n) is 20.4. The number of nitrogens with zero attached hydrogens (tertiary/aromatic N) is 5. The topological polar surface area (TPSA) is 149 Å². The largest absolute Gasteiger partial charge is 0.390 e. The third-order valence-electron chi connectivity index (χ3n) is 5.63. The molecule has 0 aliphatic heterocycles. The molecule has 0 saturated carbocycles. The van der Waals surface area contributed by atoms with Crippen LogP contribution in [0.3, 0.4) is 0 Å². The van der Waals surface area contributed by atoms with Crippen molar-refractivity contribution in [3.63, 3.8) is 0 Å². The predicted molar refractivity (Wildman–Crippen MR) is 137 cm³/mol. The van der Waals surface area contributed by atoms with E-state index in [1.807, 2.05) is 25.3 Å². The molecular formula is C25H29N7O3S. The van der Waals surface area contributed by atoms with Gasteiger partial charge in [-0.2, -0.15) is 5.10 Å². The summed E-state index contributed by atoms with van der Waals surface area (Å²) in [6.45, 7) is 5.81. The van der Waals surface area contributed by atoms with Crippen LogP contribution < -0.4 is 10.5 Å². The third-order valence-corrected chi connectivity index (χ3v) is 7.08. The number of anilines is 1. The standard InChI is InChI=1S/C25H29N7O3S/c1-17-4-5-20(36(34,35)30-11-8-25(2,3)33)12-21(17)22-14-28-24(26)23(31-22)19-13-29-32(16-19)15-18-6-9-27-10-7-18/h4-7,9-10,12-14,16,30,33H,8,11,15H2,1-3H3,(H2,26,28). The van der Waals surface area contributed by atoms with Crippen molar-refractivity contribution in [3.8, 4) is 22.5 Å². The predicted octanol–water partition coefficient (Wildman–Crippen LogP) is 2.78. The SMILES string of the molecule is Cc1ccc(S(=O)(=O)NCCC(C)(C)O)cc1-c1cnc(N)c(-c2cnn(Cc3ccncc3)c2)n1. The number of nitrogens with two attached hydrogens (primary N) is 1. The van der Waals surface area contributed by atoms with Crippen LogP contribution in [-0.2, 0) is 16.6 Å². The minimum absolute atomic E-state index is 0.101. The van der Waals surface area contributed by atoms with Gasteiger partial charge in [0.05, 0.1) is 35.1 Å². The number of benzene rings is 1. The molecule has 4 N–H and O–H groups in total. The minimum Gasteiger partial charge on any atom is -0.390 e. The van der Waals surface area contributed by atoms with Crippen LogP contribution in [0.15, 0.2) is 66.2 Å². The summed E-state index contributed by atoms with van der Waals surface area (Å²) in [5.41, 5.74) is 9.34. The van der Waals surface area contributed by atoms with Crippen LogP contribution in [0, 0.1) is 6.92 Å². The molecule has 4 rings (SSSR count). The van der Waals surface area contributed by atoms with Gasteiger partial charge in [0.25, 0.3) is 0 Å². The van der Waals surface area contributed by atoms with E-state index < -0.39 is 15.6 Å². The van der Waals surface area contributed by atoms with Crippen molar-refractivity contribution in [1.82, 2.24) is 29.5 Å². The van der Waals surface area contributed by atoms with Gasteiger partial charge >= 0.3 is 0 Å². The third kappa shape index (κ3) is 6.11. The lowest BCUT2D eigenvalue weighted by atomic mass is 10.1. The highest BCUT2D eigenvalue weighted by molar-refractivity contribution is 7.89. The van der Waals surface area contributed by atoms with Crippen molar-refractivity contribution in [2.45, 2.75) is 44.2 Å². The normalized spacial score (nSPS) is 12.1. The number of nitrogens with one attached hydrogen (secondary N) is 1. The van der Waals surface area contributed by atoms with E-state index in [9.17, 15) is 13.5 Å². The number of pyridine rings is 1. The van der Waals surface area contributed by atoms with Gasteiger partial charge in [-0.1, -0.05) is 6.07 Å². The Hall–Kier alpha value is -3.67. The summed E-state index contributed by atoms with van der Waals surface area (Å²) < 4.78 is 30.0. The minimum atomic E-state index is -3.78. The number of rotatable bonds is 9. The fourth-order valence-corrected chi connectivity index (χ4v) is 4.66. The van der Waals surface area contributed by atoms with Crippen LogP contribution in [0.4, 0.5) is 5.82 Å². The summed E-state index contributed by atoms with van der Waals surface area (Å²) >= 11 is 0. The number of hydrogen-bond acceptors (Lipinski definition) is 8. The molecule has 3 heterocycles. The average molecular weight is 508 g/mol. The molecule has 0 spiro atoms. The zero-order chi connectivity index (χ0) is 25.9. The molecule has 0 fully saturated rings. The number of sulfonamides is 1. The second-order valence-electron chi connectivity index (χ2n) is 9.21. The smallest absolute Gasteiger partial charge is 0.240 e. The van der Waals surface area contributed by atoms with Crippen LogP contribution in [0.2, 0.25) is 0 Å². The molecule has 4 aromatic rings. The Morgan fingerprint density at radius 3 is 2.61 bits per heavy atom. The Balaban J connectivity index is 1.62. The maximum Gasteiger partial charge on any atom is 0.240 e. The van der Waals surface area contributed by atoms with E-state index in [1.165, 1.54) is 6.20 Å². The van der Waals surface area contributed by atoms with Gasteiger partial charge in [0.15, 0.2) is 0 Å². The second kappa shape index (κ2) is 10.1. The lowest BCUT2D eigenvalue weighted by Gasteiger charge is -2.17. The molecule has 11 heteroatoms. The van der Waals surface area contributed by atoms with Gasteiger partial charge in [-0.05, 0) is 62.6 Å². The van der Waals surface area contributed by atoms with E-state index in [4.69, 9.17) is 10.7 Å². The van der Waals surface area contributed by atoms with Crippen molar-refractivity contribution in [2.24, 2.45) is 0 Å². The highest BCUT2D eigenvalue weighted by Crippen LogP contribution is 2.29. The monoisotopic (exact) mass is 507 g/mol. The molecule has 0 amide bonds. The van der Waals surface area contributed by atoms with Crippen LogP contribution in [0.5, 0.6) is 0 Å². The number of aromatic nitrogens is 5. The molecule has 3 aromatic heterocycles.